The van der Waals surface area contributed by atoms with Crippen molar-refractivity contribution in [2.24, 2.45) is 5.73 Å². The SMILES string of the molecule is NCCNC(=O)CCOCCOCCOCCOCCOCCOCCOCCOCCOCCOCCOCCOCCNC(=O)COc1cccc(C(=O)OCc2ccccc2)c1. The quantitative estimate of drug-likeness (QED) is 0.0626. The van der Waals surface area contributed by atoms with Crippen LogP contribution in [0, 0.1) is 0 Å². The summed E-state index contributed by atoms with van der Waals surface area (Å²) in [7, 11) is 0. The lowest BCUT2D eigenvalue weighted by atomic mass is 10.2. The number of esters is 1. The van der Waals surface area contributed by atoms with E-state index >= 15 is 0 Å². The van der Waals surface area contributed by atoms with Gasteiger partial charge in [0.15, 0.2) is 6.61 Å². The van der Waals surface area contributed by atoms with Crippen LogP contribution in [0.2, 0.25) is 0 Å². The highest BCUT2D eigenvalue weighted by atomic mass is 16.6. The standard InChI is InChI=1S/C45H73N3O17/c46-10-11-47-43(49)9-13-52-15-17-54-19-21-56-23-25-58-27-29-60-31-33-62-35-36-63-34-32-61-30-28-59-26-24-57-22-20-55-18-16-53-14-12-48-44(50)39-64-42-8-4-7-41(37-42)45(51)65-38-40-5-2-1-3-6-40/h1-8,37H,9-36,38-39,46H2,(H,47,49)(H,48,50). The van der Waals surface area contributed by atoms with Crippen LogP contribution in [0.25, 0.3) is 0 Å². The molecule has 20 nitrogen and oxygen atoms in total. The molecule has 0 spiro atoms. The zero-order chi connectivity index (χ0) is 46.4. The van der Waals surface area contributed by atoms with Crippen molar-refractivity contribution < 1.29 is 80.7 Å². The molecule has 20 heteroatoms. The summed E-state index contributed by atoms with van der Waals surface area (Å²) in [4.78, 5) is 35.9. The van der Waals surface area contributed by atoms with Crippen LogP contribution in [-0.2, 0) is 77.8 Å². The van der Waals surface area contributed by atoms with Gasteiger partial charge in [-0.25, -0.2) is 4.79 Å². The zero-order valence-corrected chi connectivity index (χ0v) is 37.9. The predicted octanol–water partition coefficient (Wildman–Crippen LogP) is 1.20. The summed E-state index contributed by atoms with van der Waals surface area (Å²) in [5.41, 5.74) is 6.56. The Bertz CT molecular complexity index is 1420. The summed E-state index contributed by atoms with van der Waals surface area (Å²) in [6.07, 6.45) is 0.308. The maximum Gasteiger partial charge on any atom is 0.338 e. The molecule has 0 radical (unpaired) electrons. The Labute approximate surface area is 383 Å². The maximum absolute atomic E-state index is 12.4. The average molecular weight is 928 g/mol. The van der Waals surface area contributed by atoms with Crippen molar-refractivity contribution in [2.75, 3.05) is 185 Å². The molecule has 2 aromatic carbocycles. The molecule has 2 rings (SSSR count). The lowest BCUT2D eigenvalue weighted by molar-refractivity contribution is -0.123. The van der Waals surface area contributed by atoms with Crippen molar-refractivity contribution in [2.45, 2.75) is 13.0 Å². The molecule has 0 fully saturated rings. The topological polar surface area (TPSA) is 231 Å². The molecule has 0 unspecified atom stereocenters. The lowest BCUT2D eigenvalue weighted by Crippen LogP contribution is -2.32. The normalized spacial score (nSPS) is 11.2. The first-order valence-electron chi connectivity index (χ1n) is 22.2. The van der Waals surface area contributed by atoms with E-state index in [4.69, 9.17) is 72.0 Å². The van der Waals surface area contributed by atoms with Gasteiger partial charge in [-0.2, -0.15) is 0 Å². The average Bonchev–Trinajstić information content (AvgIpc) is 3.33. The van der Waals surface area contributed by atoms with E-state index in [0.29, 0.717) is 196 Å². The molecule has 0 aliphatic carbocycles. The number of hydrogen-bond donors (Lipinski definition) is 3. The van der Waals surface area contributed by atoms with E-state index in [1.165, 1.54) is 0 Å². The van der Waals surface area contributed by atoms with Gasteiger partial charge in [0.2, 0.25) is 5.91 Å². The minimum Gasteiger partial charge on any atom is -0.484 e. The first-order valence-corrected chi connectivity index (χ1v) is 22.2. The molecule has 0 aliphatic rings. The maximum atomic E-state index is 12.4. The van der Waals surface area contributed by atoms with Gasteiger partial charge in [-0.3, -0.25) is 9.59 Å². The van der Waals surface area contributed by atoms with Crippen LogP contribution in [0.3, 0.4) is 0 Å². The molecule has 0 aromatic heterocycles. The molecule has 2 amide bonds. The van der Waals surface area contributed by atoms with E-state index < -0.39 is 5.97 Å². The third kappa shape index (κ3) is 37.0. The number of nitrogens with one attached hydrogen (secondary N) is 2. The first kappa shape index (κ1) is 57.3. The van der Waals surface area contributed by atoms with E-state index in [1.54, 1.807) is 24.3 Å². The van der Waals surface area contributed by atoms with Crippen molar-refractivity contribution in [1.82, 2.24) is 10.6 Å². The largest absolute Gasteiger partial charge is 0.484 e. The van der Waals surface area contributed by atoms with E-state index in [9.17, 15) is 14.4 Å². The van der Waals surface area contributed by atoms with Crippen molar-refractivity contribution in [3.05, 3.63) is 65.7 Å². The molecule has 0 aliphatic heterocycles. The molecule has 0 atom stereocenters. The van der Waals surface area contributed by atoms with Crippen LogP contribution in [0.15, 0.2) is 54.6 Å². The number of nitrogens with two attached hydrogens (primary N) is 1. The highest BCUT2D eigenvalue weighted by molar-refractivity contribution is 5.89. The highest BCUT2D eigenvalue weighted by Gasteiger charge is 2.10. The Balaban J connectivity index is 1.19. The summed E-state index contributed by atoms with van der Waals surface area (Å²) in [6, 6.07) is 15.9. The van der Waals surface area contributed by atoms with Crippen LogP contribution in [0.4, 0.5) is 0 Å². The number of benzene rings is 2. The molecule has 0 saturated carbocycles. The van der Waals surface area contributed by atoms with Gasteiger partial charge in [0, 0.05) is 26.1 Å². The monoisotopic (exact) mass is 927 g/mol. The van der Waals surface area contributed by atoms with Crippen molar-refractivity contribution >= 4 is 17.8 Å². The fourth-order valence-electron chi connectivity index (χ4n) is 4.97. The fraction of sp³-hybridized carbons (Fsp3) is 0.667. The van der Waals surface area contributed by atoms with Crippen LogP contribution in [-0.4, -0.2) is 203 Å². The molecule has 65 heavy (non-hydrogen) atoms. The van der Waals surface area contributed by atoms with Crippen LogP contribution in [0.5, 0.6) is 5.75 Å². The first-order chi connectivity index (χ1) is 32.1. The van der Waals surface area contributed by atoms with E-state index in [2.05, 4.69) is 10.6 Å². The molecule has 0 heterocycles. The minimum absolute atomic E-state index is 0.0710. The number of ether oxygens (including phenoxy) is 14. The molecule has 0 saturated heterocycles. The predicted molar refractivity (Wildman–Crippen MR) is 237 cm³/mol. The summed E-state index contributed by atoms with van der Waals surface area (Å²) in [5, 5.41) is 5.40. The second-order valence-corrected chi connectivity index (χ2v) is 13.5. The third-order valence-electron chi connectivity index (χ3n) is 8.25. The van der Waals surface area contributed by atoms with E-state index in [1.807, 2.05) is 30.3 Å². The number of rotatable bonds is 47. The summed E-state index contributed by atoms with van der Waals surface area (Å²) >= 11 is 0. The van der Waals surface area contributed by atoms with E-state index in [0.717, 1.165) is 5.56 Å². The van der Waals surface area contributed by atoms with Gasteiger partial charge in [0.25, 0.3) is 5.91 Å². The van der Waals surface area contributed by atoms with Gasteiger partial charge in [0.05, 0.1) is 164 Å². The second kappa shape index (κ2) is 44.0. The molecule has 370 valence electrons. The van der Waals surface area contributed by atoms with Gasteiger partial charge in [0.1, 0.15) is 12.4 Å². The van der Waals surface area contributed by atoms with Gasteiger partial charge >= 0.3 is 5.97 Å². The molecule has 4 N–H and O–H groups in total. The van der Waals surface area contributed by atoms with Crippen LogP contribution in [0.1, 0.15) is 22.3 Å². The van der Waals surface area contributed by atoms with Crippen molar-refractivity contribution in [3.8, 4) is 5.75 Å². The smallest absolute Gasteiger partial charge is 0.338 e. The number of amides is 2. The van der Waals surface area contributed by atoms with Crippen molar-refractivity contribution in [1.29, 1.82) is 0 Å². The molecule has 0 bridgehead atoms. The summed E-state index contributed by atoms with van der Waals surface area (Å²) in [6.45, 7) is 11.9. The van der Waals surface area contributed by atoms with Gasteiger partial charge in [-0.15, -0.1) is 0 Å². The Morgan fingerprint density at radius 1 is 0.431 bits per heavy atom. The fourth-order valence-corrected chi connectivity index (χ4v) is 4.97. The van der Waals surface area contributed by atoms with Crippen LogP contribution < -0.4 is 21.1 Å². The Hall–Kier alpha value is -3.87. The molecule has 2 aromatic rings. The van der Waals surface area contributed by atoms with E-state index in [-0.39, 0.29) is 25.0 Å². The Morgan fingerprint density at radius 2 is 0.831 bits per heavy atom. The van der Waals surface area contributed by atoms with Gasteiger partial charge in [-0.05, 0) is 23.8 Å². The number of carbonyl (C=O) groups is 3. The minimum atomic E-state index is -0.474. The second-order valence-electron chi connectivity index (χ2n) is 13.5. The molecular formula is C45H73N3O17. The summed E-state index contributed by atoms with van der Waals surface area (Å²) in [5.74, 6) is -0.465. The molecular weight excluding hydrogens is 854 g/mol. The van der Waals surface area contributed by atoms with Crippen molar-refractivity contribution in [3.63, 3.8) is 0 Å². The highest BCUT2D eigenvalue weighted by Crippen LogP contribution is 2.15. The summed E-state index contributed by atoms with van der Waals surface area (Å²) < 4.78 is 76.5. The number of carbonyl (C=O) groups excluding carboxylic acids is 3. The Kier molecular flexibility index (Phi) is 38.8. The third-order valence-corrected chi connectivity index (χ3v) is 8.25. The lowest BCUT2D eigenvalue weighted by Gasteiger charge is -2.10. The zero-order valence-electron chi connectivity index (χ0n) is 37.9. The van der Waals surface area contributed by atoms with Gasteiger partial charge in [-0.1, -0.05) is 36.4 Å². The van der Waals surface area contributed by atoms with Gasteiger partial charge < -0.3 is 82.7 Å². The number of hydrogen-bond acceptors (Lipinski definition) is 18. The Morgan fingerprint density at radius 3 is 1.26 bits per heavy atom. The van der Waals surface area contributed by atoms with Crippen LogP contribution >= 0.6 is 0 Å².